The number of rotatable bonds is 4. The lowest BCUT2D eigenvalue weighted by Gasteiger charge is -2.35. The number of aromatic nitrogens is 1. The minimum absolute atomic E-state index is 0.0374. The van der Waals surface area contributed by atoms with Crippen molar-refractivity contribution in [2.45, 2.75) is 31.8 Å². The lowest BCUT2D eigenvalue weighted by Crippen LogP contribution is -2.59. The number of carbonyl (C=O) groups is 2. The molecule has 2 aliphatic rings. The van der Waals surface area contributed by atoms with Crippen molar-refractivity contribution in [2.75, 3.05) is 26.2 Å². The highest BCUT2D eigenvalue weighted by atomic mass is 16.2. The number of hydrogen-bond acceptors (Lipinski definition) is 3. The van der Waals surface area contributed by atoms with Crippen molar-refractivity contribution in [3.63, 3.8) is 0 Å². The van der Waals surface area contributed by atoms with Crippen LogP contribution in [0, 0.1) is 0 Å². The molecule has 114 valence electrons. The normalized spacial score (nSPS) is 22.1. The van der Waals surface area contributed by atoms with Crippen LogP contribution in [-0.2, 0) is 4.79 Å². The maximum absolute atomic E-state index is 12.8. The topological polar surface area (TPSA) is 66.4 Å². The molecule has 3 rings (SSSR count). The first kappa shape index (κ1) is 14.1. The van der Waals surface area contributed by atoms with E-state index in [1.807, 2.05) is 25.3 Å². The molecule has 2 fully saturated rings. The van der Waals surface area contributed by atoms with E-state index < -0.39 is 6.04 Å². The van der Waals surface area contributed by atoms with E-state index in [-0.39, 0.29) is 11.8 Å². The molecule has 2 amide bonds. The molecule has 0 radical (unpaired) electrons. The summed E-state index contributed by atoms with van der Waals surface area (Å²) in [4.78, 5) is 26.7. The molecule has 0 bridgehead atoms. The molecule has 6 heteroatoms. The molecule has 1 aliphatic carbocycles. The SMILES string of the molecule is CCNC(=O)C1CNCCN1C(=O)c1cccn1C1CC1. The standard InChI is InChI=1S/C15H22N4O2/c1-2-17-14(20)13-10-16-7-9-19(13)15(21)12-4-3-8-18(12)11-5-6-11/h3-4,8,11,13,16H,2,5-7,9-10H2,1H3,(H,17,20). The molecular weight excluding hydrogens is 268 g/mol. The Morgan fingerprint density at radius 1 is 1.43 bits per heavy atom. The number of carbonyl (C=O) groups excluding carboxylic acids is 2. The van der Waals surface area contributed by atoms with E-state index in [1.165, 1.54) is 0 Å². The Hall–Kier alpha value is -1.82. The van der Waals surface area contributed by atoms with Gasteiger partial charge >= 0.3 is 0 Å². The Bertz CT molecular complexity index is 536. The predicted molar refractivity (Wildman–Crippen MR) is 79.1 cm³/mol. The Kier molecular flexibility index (Phi) is 3.96. The summed E-state index contributed by atoms with van der Waals surface area (Å²) < 4.78 is 2.05. The first-order chi connectivity index (χ1) is 10.2. The third-order valence-electron chi connectivity index (χ3n) is 4.10. The van der Waals surface area contributed by atoms with E-state index in [0.717, 1.165) is 19.4 Å². The van der Waals surface area contributed by atoms with E-state index in [9.17, 15) is 9.59 Å². The van der Waals surface area contributed by atoms with Gasteiger partial charge in [-0.15, -0.1) is 0 Å². The van der Waals surface area contributed by atoms with Gasteiger partial charge in [-0.25, -0.2) is 0 Å². The van der Waals surface area contributed by atoms with E-state index in [1.54, 1.807) is 4.90 Å². The van der Waals surface area contributed by atoms with Gasteiger partial charge in [-0.05, 0) is 31.9 Å². The average Bonchev–Trinajstić information content (AvgIpc) is 3.24. The van der Waals surface area contributed by atoms with E-state index in [0.29, 0.717) is 31.4 Å². The summed E-state index contributed by atoms with van der Waals surface area (Å²) in [5.41, 5.74) is 0.702. The molecule has 1 aromatic heterocycles. The van der Waals surface area contributed by atoms with Crippen LogP contribution in [0.3, 0.4) is 0 Å². The molecule has 1 aliphatic heterocycles. The molecule has 2 N–H and O–H groups in total. The highest BCUT2D eigenvalue weighted by Crippen LogP contribution is 2.36. The van der Waals surface area contributed by atoms with Crippen LogP contribution in [0.4, 0.5) is 0 Å². The predicted octanol–water partition coefficient (Wildman–Crippen LogP) is 0.373. The largest absolute Gasteiger partial charge is 0.355 e. The van der Waals surface area contributed by atoms with Gasteiger partial charge in [0, 0.05) is 38.4 Å². The van der Waals surface area contributed by atoms with Crippen LogP contribution in [0.15, 0.2) is 18.3 Å². The molecule has 0 aromatic carbocycles. The van der Waals surface area contributed by atoms with Crippen LogP contribution in [0.25, 0.3) is 0 Å². The summed E-state index contributed by atoms with van der Waals surface area (Å²) in [6.07, 6.45) is 4.24. The van der Waals surface area contributed by atoms with E-state index >= 15 is 0 Å². The molecule has 1 saturated heterocycles. The quantitative estimate of drug-likeness (QED) is 0.842. The van der Waals surface area contributed by atoms with Gasteiger partial charge in [0.2, 0.25) is 5.91 Å². The van der Waals surface area contributed by atoms with Crippen LogP contribution < -0.4 is 10.6 Å². The lowest BCUT2D eigenvalue weighted by atomic mass is 10.1. The third kappa shape index (κ3) is 2.81. The number of nitrogens with one attached hydrogen (secondary N) is 2. The zero-order valence-corrected chi connectivity index (χ0v) is 12.3. The van der Waals surface area contributed by atoms with Crippen LogP contribution in [-0.4, -0.2) is 53.5 Å². The summed E-state index contributed by atoms with van der Waals surface area (Å²) >= 11 is 0. The van der Waals surface area contributed by atoms with Crippen molar-refractivity contribution in [3.05, 3.63) is 24.0 Å². The molecule has 21 heavy (non-hydrogen) atoms. The minimum Gasteiger partial charge on any atom is -0.355 e. The average molecular weight is 290 g/mol. The van der Waals surface area contributed by atoms with Crippen LogP contribution in [0.5, 0.6) is 0 Å². The third-order valence-corrected chi connectivity index (χ3v) is 4.10. The van der Waals surface area contributed by atoms with Crippen LogP contribution >= 0.6 is 0 Å². The van der Waals surface area contributed by atoms with Gasteiger partial charge in [-0.2, -0.15) is 0 Å². The Balaban J connectivity index is 1.80. The number of nitrogens with zero attached hydrogens (tertiary/aromatic N) is 2. The molecular formula is C15H22N4O2. The van der Waals surface area contributed by atoms with Gasteiger partial charge in [-0.1, -0.05) is 0 Å². The zero-order valence-electron chi connectivity index (χ0n) is 12.3. The minimum atomic E-state index is -0.422. The molecule has 1 aromatic rings. The number of likely N-dealkylation sites (N-methyl/N-ethyl adjacent to an activating group) is 1. The molecule has 0 spiro atoms. The van der Waals surface area contributed by atoms with Gasteiger partial charge in [0.15, 0.2) is 0 Å². The monoisotopic (exact) mass is 290 g/mol. The van der Waals surface area contributed by atoms with Crippen molar-refractivity contribution < 1.29 is 9.59 Å². The summed E-state index contributed by atoms with van der Waals surface area (Å²) in [6, 6.07) is 3.81. The van der Waals surface area contributed by atoms with Crippen molar-refractivity contribution >= 4 is 11.8 Å². The fraction of sp³-hybridized carbons (Fsp3) is 0.600. The van der Waals surface area contributed by atoms with Crippen molar-refractivity contribution in [2.24, 2.45) is 0 Å². The van der Waals surface area contributed by atoms with Gasteiger partial charge < -0.3 is 20.1 Å². The zero-order chi connectivity index (χ0) is 14.8. The van der Waals surface area contributed by atoms with Crippen LogP contribution in [0.2, 0.25) is 0 Å². The summed E-state index contributed by atoms with van der Waals surface area (Å²) in [5, 5.41) is 6.01. The Labute approximate surface area is 124 Å². The summed E-state index contributed by atoms with van der Waals surface area (Å²) in [7, 11) is 0. The van der Waals surface area contributed by atoms with Gasteiger partial charge in [0.05, 0.1) is 0 Å². The van der Waals surface area contributed by atoms with Gasteiger partial charge in [0.25, 0.3) is 5.91 Å². The Morgan fingerprint density at radius 2 is 2.24 bits per heavy atom. The molecule has 2 heterocycles. The smallest absolute Gasteiger partial charge is 0.271 e. The van der Waals surface area contributed by atoms with Crippen molar-refractivity contribution in [1.82, 2.24) is 20.1 Å². The fourth-order valence-electron chi connectivity index (χ4n) is 2.87. The Morgan fingerprint density at radius 3 is 2.95 bits per heavy atom. The fourth-order valence-corrected chi connectivity index (χ4v) is 2.87. The maximum atomic E-state index is 12.8. The number of hydrogen-bond donors (Lipinski definition) is 2. The molecule has 6 nitrogen and oxygen atoms in total. The van der Waals surface area contributed by atoms with E-state index in [4.69, 9.17) is 0 Å². The van der Waals surface area contributed by atoms with Crippen LogP contribution in [0.1, 0.15) is 36.3 Å². The van der Waals surface area contributed by atoms with Gasteiger partial charge in [0.1, 0.15) is 11.7 Å². The second kappa shape index (κ2) is 5.89. The first-order valence-corrected chi connectivity index (χ1v) is 7.68. The second-order valence-electron chi connectivity index (χ2n) is 5.64. The number of piperazine rings is 1. The lowest BCUT2D eigenvalue weighted by molar-refractivity contribution is -0.126. The molecule has 1 unspecified atom stereocenters. The second-order valence-corrected chi connectivity index (χ2v) is 5.64. The summed E-state index contributed by atoms with van der Waals surface area (Å²) in [5.74, 6) is -0.118. The highest BCUT2D eigenvalue weighted by molar-refractivity contribution is 5.96. The van der Waals surface area contributed by atoms with Crippen molar-refractivity contribution in [1.29, 1.82) is 0 Å². The first-order valence-electron chi connectivity index (χ1n) is 7.68. The highest BCUT2D eigenvalue weighted by Gasteiger charge is 2.35. The summed E-state index contributed by atoms with van der Waals surface area (Å²) in [6.45, 7) is 4.28. The van der Waals surface area contributed by atoms with Crippen molar-refractivity contribution in [3.8, 4) is 0 Å². The van der Waals surface area contributed by atoms with Gasteiger partial charge in [-0.3, -0.25) is 9.59 Å². The number of amides is 2. The molecule has 1 atom stereocenters. The van der Waals surface area contributed by atoms with E-state index in [2.05, 4.69) is 15.2 Å². The molecule has 1 saturated carbocycles. The maximum Gasteiger partial charge on any atom is 0.271 e.